The predicted octanol–water partition coefficient (Wildman–Crippen LogP) is 4.41. The second-order valence-electron chi connectivity index (χ2n) is 7.26. The van der Waals surface area contributed by atoms with Crippen molar-refractivity contribution in [1.29, 1.82) is 0 Å². The smallest absolute Gasteiger partial charge is 0.168 e. The molecule has 2 N–H and O–H groups in total. The molecule has 5 nitrogen and oxygen atoms in total. The number of hydrogen-bond acceptors (Lipinski definition) is 4. The zero-order valence-electron chi connectivity index (χ0n) is 17.3. The molecule has 0 saturated heterocycles. The lowest BCUT2D eigenvalue weighted by Crippen LogP contribution is -2.28. The Kier molecular flexibility index (Phi) is 5.93. The van der Waals surface area contributed by atoms with Crippen molar-refractivity contribution in [3.63, 3.8) is 0 Å². The van der Waals surface area contributed by atoms with Crippen LogP contribution >= 0.6 is 0 Å². The van der Waals surface area contributed by atoms with Gasteiger partial charge in [-0.1, -0.05) is 42.5 Å². The Bertz CT molecular complexity index is 1200. The van der Waals surface area contributed by atoms with Crippen LogP contribution in [0.2, 0.25) is 0 Å². The molecule has 0 spiro atoms. The van der Waals surface area contributed by atoms with Gasteiger partial charge in [0.1, 0.15) is 11.9 Å². The van der Waals surface area contributed by atoms with Crippen LogP contribution in [-0.2, 0) is 0 Å². The minimum absolute atomic E-state index is 0.404. The Morgan fingerprint density at radius 3 is 2.42 bits per heavy atom. The summed E-state index contributed by atoms with van der Waals surface area (Å²) in [5.41, 5.74) is 3.10. The first-order chi connectivity index (χ1) is 15.1. The first kappa shape index (κ1) is 20.9. The Labute approximate surface area is 179 Å². The number of benzene rings is 3. The zero-order valence-corrected chi connectivity index (χ0v) is 17.3. The lowest BCUT2D eigenvalue weighted by Gasteiger charge is -2.25. The third-order valence-corrected chi connectivity index (χ3v) is 5.48. The second kappa shape index (κ2) is 8.79. The number of methoxy groups -OCH3 is 2. The van der Waals surface area contributed by atoms with E-state index in [0.717, 1.165) is 22.0 Å². The van der Waals surface area contributed by atoms with Gasteiger partial charge in [0.15, 0.2) is 11.5 Å². The first-order valence-corrected chi connectivity index (χ1v) is 9.94. The highest BCUT2D eigenvalue weighted by atomic mass is 19.1. The topological polar surface area (TPSA) is 63.9 Å². The van der Waals surface area contributed by atoms with Gasteiger partial charge in [0.25, 0.3) is 0 Å². The van der Waals surface area contributed by atoms with Crippen molar-refractivity contribution >= 4 is 10.9 Å². The Morgan fingerprint density at radius 1 is 0.935 bits per heavy atom. The number of rotatable bonds is 7. The van der Waals surface area contributed by atoms with Crippen molar-refractivity contribution in [2.75, 3.05) is 20.8 Å². The van der Waals surface area contributed by atoms with Gasteiger partial charge < -0.3 is 24.3 Å². The number of aliphatic hydroxyl groups excluding tert-OH is 2. The maximum Gasteiger partial charge on any atom is 0.168 e. The summed E-state index contributed by atoms with van der Waals surface area (Å²) in [7, 11) is 3.17. The number of hydrogen-bond donors (Lipinski definition) is 2. The van der Waals surface area contributed by atoms with Gasteiger partial charge in [0, 0.05) is 28.2 Å². The lowest BCUT2D eigenvalue weighted by molar-refractivity contribution is 0.0653. The van der Waals surface area contributed by atoms with Crippen molar-refractivity contribution < 1.29 is 24.1 Å². The number of aliphatic hydroxyl groups is 2. The SMILES string of the molecule is COc1cccc(-c2cn([C@@H](c3cccc(F)c3)[C@H](O)CO)c3ccccc23)c1OC. The molecule has 0 aliphatic heterocycles. The molecule has 31 heavy (non-hydrogen) atoms. The van der Waals surface area contributed by atoms with Crippen LogP contribution in [-0.4, -0.2) is 41.7 Å². The quantitative estimate of drug-likeness (QED) is 0.464. The van der Waals surface area contributed by atoms with E-state index >= 15 is 0 Å². The maximum atomic E-state index is 14.0. The van der Waals surface area contributed by atoms with E-state index < -0.39 is 24.6 Å². The van der Waals surface area contributed by atoms with Crippen LogP contribution in [0.4, 0.5) is 4.39 Å². The van der Waals surface area contributed by atoms with E-state index in [2.05, 4.69) is 0 Å². The molecule has 1 heterocycles. The van der Waals surface area contributed by atoms with Crippen LogP contribution in [0.15, 0.2) is 72.9 Å². The third-order valence-electron chi connectivity index (χ3n) is 5.48. The molecule has 2 atom stereocenters. The van der Waals surface area contributed by atoms with E-state index in [1.165, 1.54) is 12.1 Å². The fourth-order valence-electron chi connectivity index (χ4n) is 4.11. The molecule has 4 aromatic rings. The van der Waals surface area contributed by atoms with Crippen LogP contribution in [0.25, 0.3) is 22.0 Å². The summed E-state index contributed by atoms with van der Waals surface area (Å²) in [5.74, 6) is 0.797. The molecule has 0 unspecified atom stereocenters. The number of nitrogens with zero attached hydrogens (tertiary/aromatic N) is 1. The largest absolute Gasteiger partial charge is 0.493 e. The van der Waals surface area contributed by atoms with E-state index in [-0.39, 0.29) is 0 Å². The van der Waals surface area contributed by atoms with E-state index in [4.69, 9.17) is 9.47 Å². The van der Waals surface area contributed by atoms with Crippen molar-refractivity contribution in [3.8, 4) is 22.6 Å². The van der Waals surface area contributed by atoms with Gasteiger partial charge in [0.05, 0.1) is 26.9 Å². The standard InChI is InChI=1S/C25H24FNO4/c1-30-23-12-6-10-19(25(23)31-2)20-14-27(21-11-4-3-9-18(20)21)24(22(29)15-28)16-7-5-8-17(26)13-16/h3-14,22,24,28-29H,15H2,1-2H3/t22-,24+/m1/s1. The highest BCUT2D eigenvalue weighted by Gasteiger charge is 2.26. The minimum Gasteiger partial charge on any atom is -0.493 e. The molecule has 3 aromatic carbocycles. The monoisotopic (exact) mass is 421 g/mol. The molecular weight excluding hydrogens is 397 g/mol. The third kappa shape index (κ3) is 3.76. The summed E-state index contributed by atoms with van der Waals surface area (Å²) in [4.78, 5) is 0. The van der Waals surface area contributed by atoms with Crippen molar-refractivity contribution in [3.05, 3.63) is 84.3 Å². The number of fused-ring (bicyclic) bond motifs is 1. The van der Waals surface area contributed by atoms with Crippen LogP contribution in [0, 0.1) is 5.82 Å². The predicted molar refractivity (Wildman–Crippen MR) is 118 cm³/mol. The van der Waals surface area contributed by atoms with Gasteiger partial charge >= 0.3 is 0 Å². The van der Waals surface area contributed by atoms with Crippen LogP contribution in [0.1, 0.15) is 11.6 Å². The van der Waals surface area contributed by atoms with Gasteiger partial charge in [0.2, 0.25) is 0 Å². The summed E-state index contributed by atoms with van der Waals surface area (Å²) < 4.78 is 27.0. The molecule has 160 valence electrons. The summed E-state index contributed by atoms with van der Waals surface area (Å²) in [6.45, 7) is -0.467. The molecule has 0 aliphatic carbocycles. The van der Waals surface area contributed by atoms with Crippen LogP contribution in [0.3, 0.4) is 0 Å². The number of aromatic nitrogens is 1. The van der Waals surface area contributed by atoms with Crippen molar-refractivity contribution in [1.82, 2.24) is 4.57 Å². The van der Waals surface area contributed by atoms with Crippen LogP contribution in [0.5, 0.6) is 11.5 Å². The normalized spacial score (nSPS) is 13.2. The highest BCUT2D eigenvalue weighted by molar-refractivity contribution is 5.98. The van der Waals surface area contributed by atoms with E-state index in [0.29, 0.717) is 17.1 Å². The molecule has 4 rings (SSSR count). The number of ether oxygens (including phenoxy) is 2. The molecule has 0 amide bonds. The number of halogens is 1. The fraction of sp³-hybridized carbons (Fsp3) is 0.200. The summed E-state index contributed by atoms with van der Waals surface area (Å²) in [6.07, 6.45) is 0.772. The Morgan fingerprint density at radius 2 is 1.71 bits per heavy atom. The van der Waals surface area contributed by atoms with Gasteiger partial charge in [-0.15, -0.1) is 0 Å². The average molecular weight is 421 g/mol. The number of para-hydroxylation sites is 2. The lowest BCUT2D eigenvalue weighted by atomic mass is 10.0. The van der Waals surface area contributed by atoms with Crippen molar-refractivity contribution in [2.24, 2.45) is 0 Å². The van der Waals surface area contributed by atoms with E-state index in [1.807, 2.05) is 53.2 Å². The molecule has 0 radical (unpaired) electrons. The summed E-state index contributed by atoms with van der Waals surface area (Å²) >= 11 is 0. The first-order valence-electron chi connectivity index (χ1n) is 9.94. The summed E-state index contributed by atoms with van der Waals surface area (Å²) in [6, 6.07) is 18.8. The molecule has 6 heteroatoms. The minimum atomic E-state index is -1.13. The second-order valence-corrected chi connectivity index (χ2v) is 7.26. The fourth-order valence-corrected chi connectivity index (χ4v) is 4.11. The van der Waals surface area contributed by atoms with E-state index in [9.17, 15) is 14.6 Å². The molecule has 0 bridgehead atoms. The maximum absolute atomic E-state index is 14.0. The van der Waals surface area contributed by atoms with Gasteiger partial charge in [-0.25, -0.2) is 4.39 Å². The molecule has 0 saturated carbocycles. The molecular formula is C25H24FNO4. The molecule has 0 fully saturated rings. The zero-order chi connectivity index (χ0) is 22.0. The van der Waals surface area contributed by atoms with Crippen LogP contribution < -0.4 is 9.47 Å². The average Bonchev–Trinajstić information content (AvgIpc) is 3.17. The van der Waals surface area contributed by atoms with E-state index in [1.54, 1.807) is 26.4 Å². The molecule has 0 aliphatic rings. The van der Waals surface area contributed by atoms with Gasteiger partial charge in [-0.3, -0.25) is 0 Å². The molecule has 1 aromatic heterocycles. The Hall–Kier alpha value is -3.35. The van der Waals surface area contributed by atoms with Gasteiger partial charge in [-0.05, 0) is 29.8 Å². The highest BCUT2D eigenvalue weighted by Crippen LogP contribution is 2.42. The van der Waals surface area contributed by atoms with Crippen molar-refractivity contribution in [2.45, 2.75) is 12.1 Å². The summed E-state index contributed by atoms with van der Waals surface area (Å²) in [5, 5.41) is 21.4. The Balaban J connectivity index is 1.99. The van der Waals surface area contributed by atoms with Gasteiger partial charge in [-0.2, -0.15) is 0 Å².